The number of nitrogens with one attached hydrogen (secondary N) is 1. The molecule has 0 aliphatic heterocycles. The second kappa shape index (κ2) is 6.74. The second-order valence-corrected chi connectivity index (χ2v) is 8.35. The van der Waals surface area contributed by atoms with E-state index in [1.807, 2.05) is 29.2 Å². The summed E-state index contributed by atoms with van der Waals surface area (Å²) in [5.74, 6) is 0. The second-order valence-electron chi connectivity index (χ2n) is 8.35. The topological polar surface area (TPSA) is 71.5 Å². The van der Waals surface area contributed by atoms with Gasteiger partial charge in [-0.1, -0.05) is 6.07 Å². The maximum atomic E-state index is 9.20. The SMILES string of the molecule is N#Cc1ccc2c(c1)CCC[C@H]2Nc1ccc2cnn(-c3cnn(C4CC4)c3)c2c1. The molecule has 2 aromatic carbocycles. The van der Waals surface area contributed by atoms with E-state index in [2.05, 4.69) is 56.7 Å². The van der Waals surface area contributed by atoms with Gasteiger partial charge in [0.1, 0.15) is 5.69 Å². The van der Waals surface area contributed by atoms with Crippen molar-refractivity contribution < 1.29 is 0 Å². The molecule has 148 valence electrons. The van der Waals surface area contributed by atoms with E-state index >= 15 is 0 Å². The minimum Gasteiger partial charge on any atom is -0.378 e. The number of nitrogens with zero attached hydrogens (tertiary/aromatic N) is 5. The highest BCUT2D eigenvalue weighted by molar-refractivity contribution is 5.83. The van der Waals surface area contributed by atoms with Crippen molar-refractivity contribution in [3.63, 3.8) is 0 Å². The molecule has 6 heteroatoms. The Kier molecular flexibility index (Phi) is 3.88. The first-order valence-corrected chi connectivity index (χ1v) is 10.6. The number of hydrogen-bond donors (Lipinski definition) is 1. The van der Waals surface area contributed by atoms with Gasteiger partial charge in [-0.3, -0.25) is 4.68 Å². The average Bonchev–Trinajstić information content (AvgIpc) is 3.36. The van der Waals surface area contributed by atoms with Crippen molar-refractivity contribution in [2.75, 3.05) is 5.32 Å². The molecule has 2 aliphatic carbocycles. The fraction of sp³-hybridized carbons (Fsp3) is 0.292. The standard InChI is InChI=1S/C24H22N6/c25-12-16-4-9-22-17(10-16)2-1-3-23(22)28-19-6-5-18-13-27-30(24(18)11-19)21-14-26-29(15-21)20-7-8-20/h4-6,9-11,13-15,20,23,28H,1-3,7-8H2/t23-/m1/s1. The van der Waals surface area contributed by atoms with Gasteiger partial charge < -0.3 is 5.32 Å². The van der Waals surface area contributed by atoms with E-state index in [1.54, 1.807) is 0 Å². The lowest BCUT2D eigenvalue weighted by atomic mass is 9.86. The van der Waals surface area contributed by atoms with Crippen LogP contribution in [-0.4, -0.2) is 19.6 Å². The minimum atomic E-state index is 0.257. The average molecular weight is 394 g/mol. The summed E-state index contributed by atoms with van der Waals surface area (Å²) in [5, 5.41) is 23.2. The zero-order valence-corrected chi connectivity index (χ0v) is 16.6. The Labute approximate surface area is 174 Å². The van der Waals surface area contributed by atoms with Gasteiger partial charge in [0.15, 0.2) is 0 Å². The molecule has 2 aromatic heterocycles. The molecule has 0 spiro atoms. The van der Waals surface area contributed by atoms with Crippen molar-refractivity contribution in [3.05, 3.63) is 71.7 Å². The van der Waals surface area contributed by atoms with Crippen LogP contribution in [-0.2, 0) is 6.42 Å². The minimum absolute atomic E-state index is 0.257. The summed E-state index contributed by atoms with van der Waals surface area (Å²) in [6.07, 6.45) is 11.6. The summed E-state index contributed by atoms with van der Waals surface area (Å²) in [6.45, 7) is 0. The van der Waals surface area contributed by atoms with Crippen LogP contribution < -0.4 is 5.32 Å². The lowest BCUT2D eigenvalue weighted by Crippen LogP contribution is -2.17. The van der Waals surface area contributed by atoms with Crippen molar-refractivity contribution in [2.24, 2.45) is 0 Å². The molecule has 1 saturated carbocycles. The third kappa shape index (κ3) is 2.94. The Hall–Kier alpha value is -3.59. The van der Waals surface area contributed by atoms with Crippen LogP contribution in [0.3, 0.4) is 0 Å². The van der Waals surface area contributed by atoms with Gasteiger partial charge in [0.05, 0.1) is 47.8 Å². The first-order valence-electron chi connectivity index (χ1n) is 10.6. The van der Waals surface area contributed by atoms with Crippen molar-refractivity contribution in [3.8, 4) is 11.8 Å². The number of anilines is 1. The molecule has 2 aliphatic rings. The Morgan fingerprint density at radius 3 is 2.83 bits per heavy atom. The Balaban J connectivity index is 1.32. The van der Waals surface area contributed by atoms with Crippen LogP contribution in [0, 0.1) is 11.3 Å². The third-order valence-electron chi connectivity index (χ3n) is 6.25. The summed E-state index contributed by atoms with van der Waals surface area (Å²) in [7, 11) is 0. The lowest BCUT2D eigenvalue weighted by molar-refractivity contribution is 0.600. The molecule has 30 heavy (non-hydrogen) atoms. The summed E-state index contributed by atoms with van der Waals surface area (Å²) in [5.41, 5.74) is 6.50. The number of nitriles is 1. The van der Waals surface area contributed by atoms with Gasteiger partial charge in [0.2, 0.25) is 0 Å². The fourth-order valence-corrected chi connectivity index (χ4v) is 4.53. The van der Waals surface area contributed by atoms with E-state index in [0.717, 1.165) is 47.1 Å². The van der Waals surface area contributed by atoms with E-state index in [1.165, 1.54) is 24.0 Å². The number of rotatable bonds is 4. The summed E-state index contributed by atoms with van der Waals surface area (Å²) in [6, 6.07) is 15.6. The summed E-state index contributed by atoms with van der Waals surface area (Å²) in [4.78, 5) is 0. The quantitative estimate of drug-likeness (QED) is 0.533. The molecule has 4 aromatic rings. The van der Waals surface area contributed by atoms with Gasteiger partial charge in [-0.2, -0.15) is 15.5 Å². The molecular formula is C24H22N6. The van der Waals surface area contributed by atoms with Gasteiger partial charge >= 0.3 is 0 Å². The van der Waals surface area contributed by atoms with E-state index in [0.29, 0.717) is 6.04 Å². The summed E-state index contributed by atoms with van der Waals surface area (Å²) >= 11 is 0. The zero-order chi connectivity index (χ0) is 20.1. The van der Waals surface area contributed by atoms with Gasteiger partial charge in [-0.25, -0.2) is 4.68 Å². The van der Waals surface area contributed by atoms with E-state index in [4.69, 9.17) is 0 Å². The van der Waals surface area contributed by atoms with Crippen LogP contribution in [0.1, 0.15) is 54.5 Å². The van der Waals surface area contributed by atoms with Crippen LogP contribution >= 0.6 is 0 Å². The smallest absolute Gasteiger partial charge is 0.103 e. The van der Waals surface area contributed by atoms with Crippen LogP contribution in [0.4, 0.5) is 5.69 Å². The van der Waals surface area contributed by atoms with Gasteiger partial charge in [-0.15, -0.1) is 0 Å². The molecule has 6 rings (SSSR count). The highest BCUT2D eigenvalue weighted by Crippen LogP contribution is 2.35. The Morgan fingerprint density at radius 1 is 1.03 bits per heavy atom. The van der Waals surface area contributed by atoms with Crippen LogP contribution in [0.25, 0.3) is 16.6 Å². The number of benzene rings is 2. The maximum Gasteiger partial charge on any atom is 0.103 e. The molecular weight excluding hydrogens is 372 g/mol. The molecule has 0 saturated heterocycles. The first-order chi connectivity index (χ1) is 14.8. The van der Waals surface area contributed by atoms with Crippen molar-refractivity contribution in [2.45, 2.75) is 44.2 Å². The van der Waals surface area contributed by atoms with Crippen molar-refractivity contribution in [1.82, 2.24) is 19.6 Å². The van der Waals surface area contributed by atoms with Crippen molar-refractivity contribution >= 4 is 16.6 Å². The van der Waals surface area contributed by atoms with Crippen LogP contribution in [0.2, 0.25) is 0 Å². The van der Waals surface area contributed by atoms with E-state index in [-0.39, 0.29) is 6.04 Å². The van der Waals surface area contributed by atoms with Gasteiger partial charge in [0.25, 0.3) is 0 Å². The maximum absolute atomic E-state index is 9.20. The van der Waals surface area contributed by atoms with E-state index < -0.39 is 0 Å². The Morgan fingerprint density at radius 2 is 1.97 bits per heavy atom. The first kappa shape index (κ1) is 17.3. The monoisotopic (exact) mass is 394 g/mol. The number of hydrogen-bond acceptors (Lipinski definition) is 4. The number of aromatic nitrogens is 4. The molecule has 0 unspecified atom stereocenters. The number of aryl methyl sites for hydroxylation is 1. The number of fused-ring (bicyclic) bond motifs is 2. The highest BCUT2D eigenvalue weighted by Gasteiger charge is 2.25. The summed E-state index contributed by atoms with van der Waals surface area (Å²) < 4.78 is 4.03. The molecule has 1 N–H and O–H groups in total. The fourth-order valence-electron chi connectivity index (χ4n) is 4.53. The van der Waals surface area contributed by atoms with E-state index in [9.17, 15) is 5.26 Å². The molecule has 0 radical (unpaired) electrons. The molecule has 2 heterocycles. The molecule has 1 fully saturated rings. The molecule has 0 amide bonds. The molecule has 0 bridgehead atoms. The zero-order valence-electron chi connectivity index (χ0n) is 16.6. The van der Waals surface area contributed by atoms with Gasteiger partial charge in [0, 0.05) is 11.1 Å². The predicted octanol–water partition coefficient (Wildman–Crippen LogP) is 4.92. The van der Waals surface area contributed by atoms with Crippen LogP contribution in [0.15, 0.2) is 55.0 Å². The molecule has 1 atom stereocenters. The van der Waals surface area contributed by atoms with Crippen LogP contribution in [0.5, 0.6) is 0 Å². The lowest BCUT2D eigenvalue weighted by Gasteiger charge is -2.27. The largest absolute Gasteiger partial charge is 0.378 e. The highest BCUT2D eigenvalue weighted by atomic mass is 15.3. The molecule has 6 nitrogen and oxygen atoms in total. The normalized spacial score (nSPS) is 18.2. The Bertz CT molecular complexity index is 1290. The van der Waals surface area contributed by atoms with Gasteiger partial charge in [-0.05, 0) is 73.6 Å². The predicted molar refractivity (Wildman–Crippen MR) is 116 cm³/mol. The third-order valence-corrected chi connectivity index (χ3v) is 6.25. The van der Waals surface area contributed by atoms with Crippen molar-refractivity contribution in [1.29, 1.82) is 5.26 Å².